The van der Waals surface area contributed by atoms with E-state index in [1.165, 1.54) is 134 Å². The van der Waals surface area contributed by atoms with E-state index in [9.17, 15) is 0 Å². The molecule has 2 spiro atoms. The third-order valence-electron chi connectivity index (χ3n) is 22.2. The maximum absolute atomic E-state index is 2.59. The lowest BCUT2D eigenvalue weighted by molar-refractivity contribution is 0.633. The van der Waals surface area contributed by atoms with E-state index in [2.05, 4.69) is 365 Å². The van der Waals surface area contributed by atoms with Crippen LogP contribution in [-0.4, -0.2) is 0 Å². The van der Waals surface area contributed by atoms with E-state index in [0.29, 0.717) is 0 Å². The summed E-state index contributed by atoms with van der Waals surface area (Å²) in [6.07, 6.45) is 0. The van der Waals surface area contributed by atoms with Gasteiger partial charge in [-0.2, -0.15) is 0 Å². The van der Waals surface area contributed by atoms with E-state index in [1.54, 1.807) is 0 Å². The van der Waals surface area contributed by atoms with Crippen LogP contribution in [0, 0.1) is 0 Å². The third-order valence-corrected chi connectivity index (χ3v) is 22.2. The van der Waals surface area contributed by atoms with Crippen molar-refractivity contribution in [3.63, 3.8) is 0 Å². The molecule has 2 heteroatoms. The van der Waals surface area contributed by atoms with E-state index >= 15 is 0 Å². The van der Waals surface area contributed by atoms with Crippen LogP contribution in [0.4, 0.5) is 34.1 Å². The minimum absolute atomic E-state index is 0.198. The van der Waals surface area contributed by atoms with Crippen LogP contribution in [0.5, 0.6) is 0 Å². The monoisotopic (exact) mass is 1200 g/mol. The number of hydrogen-bond donors (Lipinski definition) is 0. The molecule has 2 nitrogen and oxygen atoms in total. The molecule has 0 aliphatic heterocycles. The van der Waals surface area contributed by atoms with Crippen molar-refractivity contribution in [3.8, 4) is 66.8 Å². The van der Waals surface area contributed by atoms with Gasteiger partial charge in [0.05, 0.1) is 27.9 Å². The number of fused-ring (bicyclic) bond motifs is 22. The largest absolute Gasteiger partial charge is 0.310 e. The summed E-state index contributed by atoms with van der Waals surface area (Å²) >= 11 is 0. The zero-order valence-corrected chi connectivity index (χ0v) is 53.1. The Labute approximate surface area is 551 Å². The number of benzene rings is 14. The van der Waals surface area contributed by atoms with Crippen molar-refractivity contribution in [2.45, 2.75) is 49.4 Å². The summed E-state index contributed by atoms with van der Waals surface area (Å²) in [5.74, 6) is 0. The Hall–Kier alpha value is -11.3. The first kappa shape index (κ1) is 54.4. The third kappa shape index (κ3) is 7.26. The second-order valence-electron chi connectivity index (χ2n) is 27.4. The number of para-hydroxylation sites is 2. The summed E-state index contributed by atoms with van der Waals surface area (Å²) < 4.78 is 0. The van der Waals surface area contributed by atoms with Crippen LogP contribution in [0.15, 0.2) is 328 Å². The van der Waals surface area contributed by atoms with Crippen molar-refractivity contribution in [2.24, 2.45) is 0 Å². The minimum atomic E-state index is -0.725. The van der Waals surface area contributed by atoms with Gasteiger partial charge in [-0.25, -0.2) is 0 Å². The zero-order chi connectivity index (χ0) is 62.7. The van der Waals surface area contributed by atoms with Gasteiger partial charge in [0, 0.05) is 44.6 Å². The first-order valence-electron chi connectivity index (χ1n) is 33.2. The molecular weight excluding hydrogens is 1130 g/mol. The van der Waals surface area contributed by atoms with Gasteiger partial charge in [-0.05, 0) is 171 Å². The van der Waals surface area contributed by atoms with Gasteiger partial charge in [0.25, 0.3) is 0 Å². The predicted molar refractivity (Wildman–Crippen MR) is 390 cm³/mol. The van der Waals surface area contributed by atoms with Crippen LogP contribution in [-0.2, 0) is 21.7 Å². The predicted octanol–water partition coefficient (Wildman–Crippen LogP) is 23.6. The summed E-state index contributed by atoms with van der Waals surface area (Å²) in [7, 11) is 0. The van der Waals surface area contributed by atoms with Gasteiger partial charge in [-0.3, -0.25) is 0 Å². The molecule has 0 N–H and O–H groups in total. The molecule has 5 aliphatic carbocycles. The van der Waals surface area contributed by atoms with Crippen molar-refractivity contribution in [1.82, 2.24) is 0 Å². The zero-order valence-electron chi connectivity index (χ0n) is 53.1. The molecule has 14 aromatic carbocycles. The summed E-state index contributed by atoms with van der Waals surface area (Å²) in [5, 5.41) is 0. The Balaban J connectivity index is 0.860. The first-order valence-corrected chi connectivity index (χ1v) is 33.2. The van der Waals surface area contributed by atoms with Crippen molar-refractivity contribution in [2.75, 3.05) is 9.80 Å². The number of rotatable bonds is 8. The van der Waals surface area contributed by atoms with Crippen LogP contribution >= 0.6 is 0 Å². The molecular formula is C92H66N2. The highest BCUT2D eigenvalue weighted by atomic mass is 15.2. The van der Waals surface area contributed by atoms with Gasteiger partial charge in [0.15, 0.2) is 0 Å². The maximum atomic E-state index is 2.59. The van der Waals surface area contributed by atoms with Crippen LogP contribution < -0.4 is 9.80 Å². The van der Waals surface area contributed by atoms with Gasteiger partial charge in [0.1, 0.15) is 0 Å². The molecule has 0 radical (unpaired) electrons. The molecule has 0 fully saturated rings. The van der Waals surface area contributed by atoms with E-state index in [-0.39, 0.29) is 10.8 Å². The van der Waals surface area contributed by atoms with Crippen molar-refractivity contribution in [3.05, 3.63) is 394 Å². The second-order valence-corrected chi connectivity index (χ2v) is 27.4. The highest BCUT2D eigenvalue weighted by Crippen LogP contribution is 2.69. The molecule has 19 rings (SSSR count). The molecule has 0 saturated heterocycles. The minimum Gasteiger partial charge on any atom is -0.310 e. The molecule has 0 bridgehead atoms. The summed E-state index contributed by atoms with van der Waals surface area (Å²) in [5.41, 5.74) is 35.6. The molecule has 0 amide bonds. The highest BCUT2D eigenvalue weighted by Gasteiger charge is 2.59. The lowest BCUT2D eigenvalue weighted by atomic mass is 9.52. The Bertz CT molecular complexity index is 5380. The smallest absolute Gasteiger partial charge is 0.0720 e. The second kappa shape index (κ2) is 20.1. The normalized spacial score (nSPS) is 17.0. The quantitative estimate of drug-likeness (QED) is 0.150. The Morgan fingerprint density at radius 1 is 0.191 bits per heavy atom. The van der Waals surface area contributed by atoms with Crippen molar-refractivity contribution < 1.29 is 0 Å². The van der Waals surface area contributed by atoms with Gasteiger partial charge >= 0.3 is 0 Å². The molecule has 0 saturated carbocycles. The summed E-state index contributed by atoms with van der Waals surface area (Å²) in [6, 6.07) is 125. The van der Waals surface area contributed by atoms with E-state index < -0.39 is 10.8 Å². The van der Waals surface area contributed by atoms with Crippen LogP contribution in [0.1, 0.15) is 94.5 Å². The van der Waals surface area contributed by atoms with Gasteiger partial charge in [0.2, 0.25) is 0 Å². The molecule has 14 aromatic rings. The standard InChI is InChI=1S/C92H66N2/c1-89(2)73-38-17-11-34-66(73)69-53-50-61(56-82(69)89)93(85-47-25-15-32-64(85)59-28-7-5-8-29-59)62-51-55-71-68-36-13-19-40-75(68)92(84(71)58-62)79-44-23-21-42-77(79)91(78-43-22-24-45-80(78)92)76-41-20-14-37-72(76)88-81(91)46-27-49-87(88)94(86-48-26-16-33-65(86)60-30-9-6-10-31-60)63-52-54-70-67-35-12-18-39-74(67)90(3,4)83(70)57-63/h5-58H,1-4H3. The lowest BCUT2D eigenvalue weighted by Gasteiger charge is -2.49. The maximum Gasteiger partial charge on any atom is 0.0720 e. The average Bonchev–Trinajstić information content (AvgIpc) is 1.43. The fourth-order valence-electron chi connectivity index (χ4n) is 18.2. The molecule has 0 heterocycles. The first-order chi connectivity index (χ1) is 46.2. The van der Waals surface area contributed by atoms with Gasteiger partial charge in [-0.1, -0.05) is 301 Å². The van der Waals surface area contributed by atoms with E-state index in [1.807, 2.05) is 0 Å². The number of nitrogens with zero attached hydrogens (tertiary/aromatic N) is 2. The van der Waals surface area contributed by atoms with Crippen LogP contribution in [0.25, 0.3) is 66.8 Å². The Morgan fingerprint density at radius 3 is 0.968 bits per heavy atom. The van der Waals surface area contributed by atoms with Crippen molar-refractivity contribution in [1.29, 1.82) is 0 Å². The fourth-order valence-corrected chi connectivity index (χ4v) is 18.2. The number of hydrogen-bond acceptors (Lipinski definition) is 2. The summed E-state index contributed by atoms with van der Waals surface area (Å²) in [6.45, 7) is 9.57. The Kier molecular flexibility index (Phi) is 11.6. The topological polar surface area (TPSA) is 6.48 Å². The summed E-state index contributed by atoms with van der Waals surface area (Å²) in [4.78, 5) is 5.14. The average molecular weight is 1200 g/mol. The lowest BCUT2D eigenvalue weighted by Crippen LogP contribution is -2.43. The molecule has 444 valence electrons. The van der Waals surface area contributed by atoms with Crippen LogP contribution in [0.3, 0.4) is 0 Å². The highest BCUT2D eigenvalue weighted by molar-refractivity contribution is 6.03. The van der Waals surface area contributed by atoms with Crippen molar-refractivity contribution >= 4 is 34.1 Å². The molecule has 5 aliphatic rings. The molecule has 94 heavy (non-hydrogen) atoms. The van der Waals surface area contributed by atoms with Crippen LogP contribution in [0.2, 0.25) is 0 Å². The van der Waals surface area contributed by atoms with E-state index in [4.69, 9.17) is 0 Å². The molecule has 0 unspecified atom stereocenters. The fraction of sp³-hybridized carbons (Fsp3) is 0.0870. The SMILES string of the molecule is CC1(C)c2ccccc2-c2ccc(N(c3ccc4c(c3)C3(c5ccccc5-4)c4ccccc4C4(c5ccccc5-c5c(N(c6ccc7c(c6)C(C)(C)c6ccccc6-7)c6ccccc6-c6ccccc6)cccc54)c4ccccc43)c3ccccc3-c3ccccc3)cc21. The molecule has 0 atom stereocenters. The molecule has 0 aromatic heterocycles. The Morgan fingerprint density at radius 2 is 0.489 bits per heavy atom. The number of anilines is 6. The van der Waals surface area contributed by atoms with Gasteiger partial charge < -0.3 is 9.80 Å². The van der Waals surface area contributed by atoms with E-state index in [0.717, 1.165) is 34.1 Å². The van der Waals surface area contributed by atoms with Gasteiger partial charge in [-0.15, -0.1) is 0 Å².